The van der Waals surface area contributed by atoms with Crippen molar-refractivity contribution >= 4 is 11.6 Å². The Labute approximate surface area is 134 Å². The third-order valence-electron chi connectivity index (χ3n) is 4.09. The van der Waals surface area contributed by atoms with Crippen molar-refractivity contribution < 1.29 is 9.90 Å². The number of carbonyl (C=O) groups is 1. The summed E-state index contributed by atoms with van der Waals surface area (Å²) in [5, 5.41) is 9.55. The molecule has 118 valence electrons. The molecule has 1 aromatic heterocycles. The predicted molar refractivity (Wildman–Crippen MR) is 88.3 cm³/mol. The van der Waals surface area contributed by atoms with Gasteiger partial charge in [-0.1, -0.05) is 30.3 Å². The second-order valence-electron chi connectivity index (χ2n) is 5.74. The summed E-state index contributed by atoms with van der Waals surface area (Å²) in [6.07, 6.45) is 2.25. The highest BCUT2D eigenvalue weighted by atomic mass is 16.3. The van der Waals surface area contributed by atoms with Crippen LogP contribution in [0.3, 0.4) is 0 Å². The van der Waals surface area contributed by atoms with Gasteiger partial charge in [-0.15, -0.1) is 0 Å². The van der Waals surface area contributed by atoms with E-state index in [1.807, 2.05) is 36.4 Å². The van der Waals surface area contributed by atoms with Gasteiger partial charge in [0.15, 0.2) is 0 Å². The summed E-state index contributed by atoms with van der Waals surface area (Å²) in [5.41, 5.74) is 9.34. The number of nitrogens with two attached hydrogens (primary N) is 1. The van der Waals surface area contributed by atoms with Crippen LogP contribution in [0.25, 0.3) is 0 Å². The van der Waals surface area contributed by atoms with Gasteiger partial charge in [0.1, 0.15) is 11.6 Å². The van der Waals surface area contributed by atoms with Crippen molar-refractivity contribution in [3.05, 3.63) is 65.0 Å². The Morgan fingerprint density at radius 2 is 2.09 bits per heavy atom. The van der Waals surface area contributed by atoms with E-state index >= 15 is 0 Å². The minimum atomic E-state index is -0.169. The van der Waals surface area contributed by atoms with Gasteiger partial charge in [-0.05, 0) is 17.2 Å². The highest BCUT2D eigenvalue weighted by molar-refractivity contribution is 6.00. The predicted octanol–water partition coefficient (Wildman–Crippen LogP) is 1.58. The van der Waals surface area contributed by atoms with E-state index in [0.29, 0.717) is 18.8 Å². The van der Waals surface area contributed by atoms with Crippen molar-refractivity contribution in [2.24, 2.45) is 10.7 Å². The maximum Gasteiger partial charge on any atom is 0.139 e. The zero-order valence-electron chi connectivity index (χ0n) is 12.8. The lowest BCUT2D eigenvalue weighted by Crippen LogP contribution is -2.14. The first-order valence-electron chi connectivity index (χ1n) is 7.63. The number of hydrogen-bond donors (Lipinski definition) is 2. The fourth-order valence-corrected chi connectivity index (χ4v) is 2.82. The van der Waals surface area contributed by atoms with Crippen molar-refractivity contribution in [1.82, 2.24) is 4.98 Å². The lowest BCUT2D eigenvalue weighted by atomic mass is 9.93. The zero-order valence-corrected chi connectivity index (χ0v) is 12.8. The van der Waals surface area contributed by atoms with Crippen molar-refractivity contribution in [2.75, 3.05) is 6.61 Å². The van der Waals surface area contributed by atoms with Crippen LogP contribution in [0.4, 0.5) is 0 Å². The molecular weight excluding hydrogens is 290 g/mol. The molecule has 0 radical (unpaired) electrons. The molecule has 3 rings (SSSR count). The van der Waals surface area contributed by atoms with Crippen LogP contribution in [-0.4, -0.2) is 28.3 Å². The fourth-order valence-electron chi connectivity index (χ4n) is 2.82. The van der Waals surface area contributed by atoms with Crippen LogP contribution < -0.4 is 5.73 Å². The largest absolute Gasteiger partial charge is 0.396 e. The molecule has 2 heterocycles. The first-order chi connectivity index (χ1) is 11.2. The maximum atomic E-state index is 12.3. The van der Waals surface area contributed by atoms with E-state index in [9.17, 15) is 9.90 Å². The van der Waals surface area contributed by atoms with Crippen LogP contribution in [0.2, 0.25) is 0 Å². The monoisotopic (exact) mass is 309 g/mol. The van der Waals surface area contributed by atoms with Crippen LogP contribution in [0, 0.1) is 0 Å². The molecule has 0 amide bonds. The Hall–Kier alpha value is -2.53. The van der Waals surface area contributed by atoms with Crippen molar-refractivity contribution in [2.45, 2.75) is 25.3 Å². The molecule has 1 aliphatic heterocycles. The molecule has 0 fully saturated rings. The first kappa shape index (κ1) is 15.4. The average molecular weight is 309 g/mol. The summed E-state index contributed by atoms with van der Waals surface area (Å²) in [6, 6.07) is 11.5. The van der Waals surface area contributed by atoms with Gasteiger partial charge < -0.3 is 10.8 Å². The smallest absolute Gasteiger partial charge is 0.139 e. The Kier molecular flexibility index (Phi) is 4.48. The van der Waals surface area contributed by atoms with E-state index < -0.39 is 0 Å². The number of aliphatic hydroxyl groups is 1. The molecule has 5 nitrogen and oxygen atoms in total. The summed E-state index contributed by atoms with van der Waals surface area (Å²) in [5.74, 6) is 0.402. The van der Waals surface area contributed by atoms with Gasteiger partial charge >= 0.3 is 0 Å². The molecule has 0 bridgehead atoms. The summed E-state index contributed by atoms with van der Waals surface area (Å²) in [6.45, 7) is 0.506. The minimum absolute atomic E-state index is 0.0439. The Balaban J connectivity index is 1.66. The number of nitrogens with zero attached hydrogens (tertiary/aromatic N) is 2. The second-order valence-corrected chi connectivity index (χ2v) is 5.74. The van der Waals surface area contributed by atoms with Crippen LogP contribution >= 0.6 is 0 Å². The normalized spacial score (nSPS) is 14.2. The molecule has 1 aliphatic rings. The van der Waals surface area contributed by atoms with E-state index in [4.69, 9.17) is 5.73 Å². The van der Waals surface area contributed by atoms with Crippen LogP contribution in [0.5, 0.6) is 0 Å². The summed E-state index contributed by atoms with van der Waals surface area (Å²) in [7, 11) is 0. The van der Waals surface area contributed by atoms with Crippen molar-refractivity contribution in [3.8, 4) is 0 Å². The molecule has 0 unspecified atom stereocenters. The molecule has 1 atom stereocenters. The summed E-state index contributed by atoms with van der Waals surface area (Å²) < 4.78 is 0. The fraction of sp³-hybridized carbons (Fsp3) is 0.278. The number of aliphatic hydroxyl groups excluding tert-OH is 1. The molecule has 3 N–H and O–H groups in total. The molecule has 1 aromatic carbocycles. The molecular formula is C18H19N3O2. The number of pyridine rings is 1. The highest BCUT2D eigenvalue weighted by Crippen LogP contribution is 2.21. The summed E-state index contributed by atoms with van der Waals surface area (Å²) in [4.78, 5) is 20.8. The number of ketones is 1. The Bertz CT molecular complexity index is 741. The molecule has 0 saturated heterocycles. The van der Waals surface area contributed by atoms with E-state index in [1.54, 1.807) is 6.20 Å². The third-order valence-corrected chi connectivity index (χ3v) is 4.09. The van der Waals surface area contributed by atoms with Crippen LogP contribution in [0.15, 0.2) is 47.6 Å². The zero-order chi connectivity index (χ0) is 16.2. The lowest BCUT2D eigenvalue weighted by Gasteiger charge is -2.13. The number of carbonyl (C=O) groups excluding carboxylic acids is 1. The molecule has 0 spiro atoms. The maximum absolute atomic E-state index is 12.3. The van der Waals surface area contributed by atoms with Crippen LogP contribution in [-0.2, 0) is 17.8 Å². The number of rotatable bonds is 6. The van der Waals surface area contributed by atoms with E-state index in [1.165, 1.54) is 0 Å². The number of aliphatic imine (C=N–C) groups is 1. The van der Waals surface area contributed by atoms with Gasteiger partial charge in [0.2, 0.25) is 0 Å². The summed E-state index contributed by atoms with van der Waals surface area (Å²) >= 11 is 0. The molecule has 23 heavy (non-hydrogen) atoms. The average Bonchev–Trinajstić information content (AvgIpc) is 2.94. The number of Topliss-reactive ketones (excluding diaryl/α,β-unsaturated/α-hetero) is 1. The number of aromatic nitrogens is 1. The first-order valence-corrected chi connectivity index (χ1v) is 7.63. The van der Waals surface area contributed by atoms with Crippen LogP contribution in [0.1, 0.15) is 34.7 Å². The molecule has 0 saturated carbocycles. The molecule has 5 heteroatoms. The van der Waals surface area contributed by atoms with E-state index in [0.717, 1.165) is 22.4 Å². The van der Waals surface area contributed by atoms with E-state index in [-0.39, 0.29) is 24.7 Å². The third kappa shape index (κ3) is 3.46. The number of fused-ring (bicyclic) bond motifs is 1. The van der Waals surface area contributed by atoms with E-state index in [2.05, 4.69) is 9.98 Å². The molecule has 2 aromatic rings. The van der Waals surface area contributed by atoms with Crippen molar-refractivity contribution in [1.29, 1.82) is 0 Å². The van der Waals surface area contributed by atoms with Gasteiger partial charge in [0, 0.05) is 36.2 Å². The topological polar surface area (TPSA) is 88.6 Å². The van der Waals surface area contributed by atoms with Gasteiger partial charge in [-0.25, -0.2) is 0 Å². The number of benzene rings is 1. The van der Waals surface area contributed by atoms with Gasteiger partial charge in [-0.2, -0.15) is 0 Å². The quantitative estimate of drug-likeness (QED) is 0.848. The molecule has 0 aliphatic carbocycles. The number of hydrogen-bond acceptors (Lipinski definition) is 5. The van der Waals surface area contributed by atoms with Gasteiger partial charge in [-0.3, -0.25) is 14.8 Å². The Morgan fingerprint density at radius 1 is 1.30 bits per heavy atom. The standard InChI is InChI=1S/C18H19N3O2/c19-18-17-10-20-15(6-13(17)9-21-18)8-16(23)7-14(11-22)12-4-2-1-3-5-12/h1-6,10,14,22H,7-9,11H2,(H2,19,21)/t14-/m1/s1. The van der Waals surface area contributed by atoms with Gasteiger partial charge in [0.25, 0.3) is 0 Å². The second kappa shape index (κ2) is 6.71. The van der Waals surface area contributed by atoms with Gasteiger partial charge in [0.05, 0.1) is 13.2 Å². The van der Waals surface area contributed by atoms with Crippen molar-refractivity contribution in [3.63, 3.8) is 0 Å². The highest BCUT2D eigenvalue weighted by Gasteiger charge is 2.18. The lowest BCUT2D eigenvalue weighted by molar-refractivity contribution is -0.119. The number of amidine groups is 1. The Morgan fingerprint density at radius 3 is 2.83 bits per heavy atom. The SMILES string of the molecule is NC1=NCc2cc(CC(=O)C[C@H](CO)c3ccccc3)ncc21. The minimum Gasteiger partial charge on any atom is -0.396 e.